The Bertz CT molecular complexity index is 653. The van der Waals surface area contributed by atoms with Crippen LogP contribution in [0.25, 0.3) is 0 Å². The number of rotatable bonds is 3. The van der Waals surface area contributed by atoms with Crippen molar-refractivity contribution in [2.75, 3.05) is 7.05 Å². The predicted octanol–water partition coefficient (Wildman–Crippen LogP) is 3.69. The monoisotopic (exact) mass is 314 g/mol. The normalized spacial score (nSPS) is 33.1. The lowest BCUT2D eigenvalue weighted by atomic mass is 9.64. The van der Waals surface area contributed by atoms with E-state index in [0.29, 0.717) is 13.0 Å². The highest BCUT2D eigenvalue weighted by Gasteiger charge is 2.72. The molecule has 0 spiro atoms. The van der Waals surface area contributed by atoms with Crippen LogP contribution in [0.3, 0.4) is 0 Å². The molecule has 1 N–H and O–H groups in total. The van der Waals surface area contributed by atoms with Crippen molar-refractivity contribution in [1.82, 2.24) is 4.90 Å². The second-order valence-electron chi connectivity index (χ2n) is 7.91. The van der Waals surface area contributed by atoms with Crippen LogP contribution in [-0.4, -0.2) is 28.8 Å². The van der Waals surface area contributed by atoms with Crippen LogP contribution in [0.1, 0.15) is 45.6 Å². The average molecular weight is 314 g/mol. The van der Waals surface area contributed by atoms with Crippen molar-refractivity contribution in [2.24, 2.45) is 21.4 Å². The molecule has 0 aromatic heterocycles. The Morgan fingerprint density at radius 2 is 1.87 bits per heavy atom. The second kappa shape index (κ2) is 5.08. The Morgan fingerprint density at radius 3 is 2.43 bits per heavy atom. The van der Waals surface area contributed by atoms with Gasteiger partial charge in [-0.05, 0) is 23.8 Å². The largest absolute Gasteiger partial charge is 0.411 e. The first-order chi connectivity index (χ1) is 10.8. The third kappa shape index (κ3) is 1.97. The summed E-state index contributed by atoms with van der Waals surface area (Å²) in [6, 6.07) is 10.1. The highest BCUT2D eigenvalue weighted by atomic mass is 16.4. The van der Waals surface area contributed by atoms with Gasteiger partial charge in [0.05, 0.1) is 11.1 Å². The molecule has 1 aromatic rings. The SMILES string of the molecule is CN(Cc1ccccc1)C(=O)C12CCC(C)(C(=NO)C1)C2(C)C. The van der Waals surface area contributed by atoms with Crippen molar-refractivity contribution < 1.29 is 10.0 Å². The third-order valence-corrected chi connectivity index (χ3v) is 6.87. The lowest BCUT2D eigenvalue weighted by Crippen LogP contribution is -2.47. The Labute approximate surface area is 138 Å². The van der Waals surface area contributed by atoms with Crippen LogP contribution >= 0.6 is 0 Å². The standard InChI is InChI=1S/C19H26N2O2/c1-17(2)18(3)10-11-19(17,12-15(18)20-23)16(22)21(4)13-14-8-6-5-7-9-14/h5-9,23H,10-13H2,1-4H3. The minimum atomic E-state index is -0.452. The molecule has 23 heavy (non-hydrogen) atoms. The van der Waals surface area contributed by atoms with Gasteiger partial charge in [0.2, 0.25) is 5.91 Å². The van der Waals surface area contributed by atoms with Crippen molar-refractivity contribution in [1.29, 1.82) is 0 Å². The lowest BCUT2D eigenvalue weighted by Gasteiger charge is -2.41. The Balaban J connectivity index is 1.90. The van der Waals surface area contributed by atoms with Crippen molar-refractivity contribution in [3.8, 4) is 0 Å². The third-order valence-electron chi connectivity index (χ3n) is 6.87. The molecule has 2 bridgehead atoms. The molecule has 0 radical (unpaired) electrons. The van der Waals surface area contributed by atoms with Gasteiger partial charge in [-0.15, -0.1) is 0 Å². The molecule has 3 rings (SSSR count). The fraction of sp³-hybridized carbons (Fsp3) is 0.579. The molecule has 2 fully saturated rings. The number of amides is 1. The number of hydrogen-bond donors (Lipinski definition) is 1. The zero-order chi connectivity index (χ0) is 16.9. The summed E-state index contributed by atoms with van der Waals surface area (Å²) >= 11 is 0. The molecule has 2 saturated carbocycles. The number of hydrogen-bond acceptors (Lipinski definition) is 3. The summed E-state index contributed by atoms with van der Waals surface area (Å²) < 4.78 is 0. The van der Waals surface area contributed by atoms with E-state index in [0.717, 1.165) is 24.1 Å². The van der Waals surface area contributed by atoms with Gasteiger partial charge < -0.3 is 10.1 Å². The molecule has 4 nitrogen and oxygen atoms in total. The Kier molecular flexibility index (Phi) is 3.54. The first kappa shape index (κ1) is 16.0. The molecule has 0 aliphatic heterocycles. The van der Waals surface area contributed by atoms with Gasteiger partial charge in [0.25, 0.3) is 0 Å². The summed E-state index contributed by atoms with van der Waals surface area (Å²) in [7, 11) is 1.88. The highest BCUT2D eigenvalue weighted by molar-refractivity contribution is 6.02. The summed E-state index contributed by atoms with van der Waals surface area (Å²) in [6.07, 6.45) is 2.35. The van der Waals surface area contributed by atoms with Crippen LogP contribution in [0.4, 0.5) is 0 Å². The molecular weight excluding hydrogens is 288 g/mol. The van der Waals surface area contributed by atoms with E-state index >= 15 is 0 Å². The molecule has 4 heteroatoms. The number of carbonyl (C=O) groups is 1. The number of oxime groups is 1. The smallest absolute Gasteiger partial charge is 0.229 e. The maximum Gasteiger partial charge on any atom is 0.229 e. The highest BCUT2D eigenvalue weighted by Crippen LogP contribution is 2.71. The van der Waals surface area contributed by atoms with E-state index in [4.69, 9.17) is 0 Å². The van der Waals surface area contributed by atoms with E-state index in [9.17, 15) is 10.0 Å². The molecule has 2 aliphatic rings. The number of fused-ring (bicyclic) bond motifs is 2. The molecule has 1 amide bonds. The molecule has 2 atom stereocenters. The average Bonchev–Trinajstić information content (AvgIpc) is 2.85. The van der Waals surface area contributed by atoms with Gasteiger partial charge in [-0.3, -0.25) is 4.79 Å². The summed E-state index contributed by atoms with van der Waals surface area (Å²) in [6.45, 7) is 7.07. The first-order valence-corrected chi connectivity index (χ1v) is 8.29. The summed E-state index contributed by atoms with van der Waals surface area (Å²) in [5.41, 5.74) is 1.07. The fourth-order valence-corrected chi connectivity index (χ4v) is 4.80. The van der Waals surface area contributed by atoms with Crippen LogP contribution in [0.15, 0.2) is 35.5 Å². The van der Waals surface area contributed by atoms with Gasteiger partial charge in [-0.25, -0.2) is 0 Å². The van der Waals surface area contributed by atoms with Crippen molar-refractivity contribution >= 4 is 11.6 Å². The van der Waals surface area contributed by atoms with Gasteiger partial charge in [0.15, 0.2) is 0 Å². The molecule has 2 unspecified atom stereocenters. The number of nitrogens with zero attached hydrogens (tertiary/aromatic N) is 2. The van der Waals surface area contributed by atoms with Crippen molar-refractivity contribution in [3.05, 3.63) is 35.9 Å². The zero-order valence-electron chi connectivity index (χ0n) is 14.5. The minimum Gasteiger partial charge on any atom is -0.411 e. The van der Waals surface area contributed by atoms with Crippen molar-refractivity contribution in [3.63, 3.8) is 0 Å². The zero-order valence-corrected chi connectivity index (χ0v) is 14.5. The van der Waals surface area contributed by atoms with Crippen LogP contribution in [0, 0.1) is 16.2 Å². The van der Waals surface area contributed by atoms with Crippen LogP contribution < -0.4 is 0 Å². The quantitative estimate of drug-likeness (QED) is 0.683. The van der Waals surface area contributed by atoms with Gasteiger partial charge in [-0.1, -0.05) is 56.3 Å². The number of benzene rings is 1. The van der Waals surface area contributed by atoms with Crippen LogP contribution in [-0.2, 0) is 11.3 Å². The van der Waals surface area contributed by atoms with E-state index in [1.807, 2.05) is 42.3 Å². The maximum absolute atomic E-state index is 13.3. The van der Waals surface area contributed by atoms with E-state index in [-0.39, 0.29) is 16.7 Å². The van der Waals surface area contributed by atoms with Crippen LogP contribution in [0.2, 0.25) is 0 Å². The molecule has 2 aliphatic carbocycles. The van der Waals surface area contributed by atoms with Gasteiger partial charge in [0, 0.05) is 25.4 Å². The Morgan fingerprint density at radius 1 is 1.22 bits per heavy atom. The topological polar surface area (TPSA) is 52.9 Å². The van der Waals surface area contributed by atoms with E-state index in [1.165, 1.54) is 0 Å². The predicted molar refractivity (Wildman–Crippen MR) is 90.3 cm³/mol. The molecule has 124 valence electrons. The second-order valence-corrected chi connectivity index (χ2v) is 7.91. The van der Waals surface area contributed by atoms with E-state index in [1.54, 1.807) is 0 Å². The van der Waals surface area contributed by atoms with Gasteiger partial charge >= 0.3 is 0 Å². The summed E-state index contributed by atoms with van der Waals surface area (Å²) in [4.78, 5) is 15.2. The Hall–Kier alpha value is -1.84. The lowest BCUT2D eigenvalue weighted by molar-refractivity contribution is -0.146. The molecule has 1 aromatic carbocycles. The van der Waals surface area contributed by atoms with E-state index in [2.05, 4.69) is 25.9 Å². The minimum absolute atomic E-state index is 0.175. The molecular formula is C19H26N2O2. The van der Waals surface area contributed by atoms with Gasteiger partial charge in [-0.2, -0.15) is 0 Å². The van der Waals surface area contributed by atoms with Crippen LogP contribution in [0.5, 0.6) is 0 Å². The molecule has 0 heterocycles. The number of carbonyl (C=O) groups excluding carboxylic acids is 1. The van der Waals surface area contributed by atoms with Crippen molar-refractivity contribution in [2.45, 2.75) is 46.6 Å². The van der Waals surface area contributed by atoms with E-state index < -0.39 is 5.41 Å². The summed E-state index contributed by atoms with van der Waals surface area (Å²) in [5, 5.41) is 13.0. The maximum atomic E-state index is 13.3. The first-order valence-electron chi connectivity index (χ1n) is 8.29. The molecule has 0 saturated heterocycles. The summed E-state index contributed by atoms with van der Waals surface area (Å²) in [5.74, 6) is 0.175. The van der Waals surface area contributed by atoms with Gasteiger partial charge in [0.1, 0.15) is 0 Å². The fourth-order valence-electron chi connectivity index (χ4n) is 4.80.